The first kappa shape index (κ1) is 11.1. The molecule has 2 N–H and O–H groups in total. The zero-order valence-corrected chi connectivity index (χ0v) is 10.0. The smallest absolute Gasteiger partial charge is 0.213 e. The van der Waals surface area contributed by atoms with Gasteiger partial charge in [0.05, 0.1) is 0 Å². The van der Waals surface area contributed by atoms with E-state index in [1.54, 1.807) is 16.4 Å². The van der Waals surface area contributed by atoms with Crippen molar-refractivity contribution in [1.82, 2.24) is 20.2 Å². The molecule has 5 nitrogen and oxygen atoms in total. The molecule has 1 aromatic heterocycles. The summed E-state index contributed by atoms with van der Waals surface area (Å²) in [6, 6.07) is 6.10. The second kappa shape index (κ2) is 4.63. The predicted molar refractivity (Wildman–Crippen MR) is 62.0 cm³/mol. The molecule has 0 saturated carbocycles. The largest absolute Gasteiger partial charge is 0.326 e. The Bertz CT molecular complexity index is 494. The normalized spacial score (nSPS) is 10.7. The van der Waals surface area contributed by atoms with Crippen molar-refractivity contribution >= 4 is 11.8 Å². The molecule has 0 amide bonds. The van der Waals surface area contributed by atoms with Crippen molar-refractivity contribution in [1.29, 1.82) is 0 Å². The molecule has 6 heteroatoms. The zero-order chi connectivity index (χ0) is 11.5. The van der Waals surface area contributed by atoms with Crippen LogP contribution in [0.1, 0.15) is 11.1 Å². The molecule has 1 heterocycles. The van der Waals surface area contributed by atoms with Gasteiger partial charge in [-0.2, -0.15) is 0 Å². The van der Waals surface area contributed by atoms with Gasteiger partial charge in [0.25, 0.3) is 0 Å². The van der Waals surface area contributed by atoms with Gasteiger partial charge in [0.15, 0.2) is 0 Å². The summed E-state index contributed by atoms with van der Waals surface area (Å²) in [7, 11) is 1.82. The van der Waals surface area contributed by atoms with Crippen LogP contribution in [-0.4, -0.2) is 20.2 Å². The number of nitrogens with two attached hydrogens (primary N) is 1. The topological polar surface area (TPSA) is 69.6 Å². The van der Waals surface area contributed by atoms with E-state index in [2.05, 4.69) is 28.5 Å². The Hall–Kier alpha value is -1.40. The monoisotopic (exact) mass is 235 g/mol. The fraction of sp³-hybridized carbons (Fsp3) is 0.300. The van der Waals surface area contributed by atoms with Crippen molar-refractivity contribution < 1.29 is 0 Å². The molecule has 0 aliphatic heterocycles. The van der Waals surface area contributed by atoms with Gasteiger partial charge in [-0.3, -0.25) is 0 Å². The highest BCUT2D eigenvalue weighted by Gasteiger charge is 2.10. The van der Waals surface area contributed by atoms with Crippen LogP contribution in [0, 0.1) is 6.92 Å². The van der Waals surface area contributed by atoms with Gasteiger partial charge in [0, 0.05) is 18.5 Å². The van der Waals surface area contributed by atoms with Crippen LogP contribution in [0.5, 0.6) is 0 Å². The van der Waals surface area contributed by atoms with Crippen molar-refractivity contribution in [3.63, 3.8) is 0 Å². The molecule has 16 heavy (non-hydrogen) atoms. The van der Waals surface area contributed by atoms with E-state index >= 15 is 0 Å². The van der Waals surface area contributed by atoms with E-state index in [0.717, 1.165) is 15.6 Å². The number of rotatable bonds is 3. The molecule has 0 spiro atoms. The summed E-state index contributed by atoms with van der Waals surface area (Å²) in [4.78, 5) is 1.14. The Morgan fingerprint density at radius 2 is 2.25 bits per heavy atom. The minimum Gasteiger partial charge on any atom is -0.326 e. The third-order valence-corrected chi connectivity index (χ3v) is 3.60. The zero-order valence-electron chi connectivity index (χ0n) is 9.21. The summed E-state index contributed by atoms with van der Waals surface area (Å²) in [5.41, 5.74) is 8.02. The van der Waals surface area contributed by atoms with E-state index in [1.165, 1.54) is 5.56 Å². The van der Waals surface area contributed by atoms with Gasteiger partial charge in [0.1, 0.15) is 0 Å². The van der Waals surface area contributed by atoms with E-state index in [1.807, 2.05) is 19.2 Å². The van der Waals surface area contributed by atoms with Crippen LogP contribution >= 0.6 is 11.8 Å². The van der Waals surface area contributed by atoms with E-state index in [4.69, 9.17) is 5.73 Å². The van der Waals surface area contributed by atoms with Gasteiger partial charge in [-0.05, 0) is 40.2 Å². The van der Waals surface area contributed by atoms with Crippen LogP contribution in [0.4, 0.5) is 0 Å². The van der Waals surface area contributed by atoms with Crippen LogP contribution in [0.3, 0.4) is 0 Å². The maximum absolute atomic E-state index is 5.71. The standard InChI is InChI=1S/C10H13N5S/c1-7-4-3-5-8(6-11)9(7)16-10-12-13-14-15(10)2/h3-5H,6,11H2,1-2H3. The molecule has 0 bridgehead atoms. The third-order valence-electron chi connectivity index (χ3n) is 2.29. The number of hydrogen-bond acceptors (Lipinski definition) is 5. The lowest BCUT2D eigenvalue weighted by molar-refractivity contribution is 0.664. The van der Waals surface area contributed by atoms with Crippen LogP contribution in [0.15, 0.2) is 28.3 Å². The summed E-state index contributed by atoms with van der Waals surface area (Å²) in [5.74, 6) is 0. The number of nitrogens with zero attached hydrogens (tertiary/aromatic N) is 4. The van der Waals surface area contributed by atoms with Gasteiger partial charge in [0.2, 0.25) is 5.16 Å². The average molecular weight is 235 g/mol. The first-order chi connectivity index (χ1) is 7.72. The Kier molecular flexibility index (Phi) is 3.21. The summed E-state index contributed by atoms with van der Waals surface area (Å²) < 4.78 is 1.65. The van der Waals surface area contributed by atoms with Crippen LogP contribution in [0.25, 0.3) is 0 Å². The third kappa shape index (κ3) is 2.07. The van der Waals surface area contributed by atoms with E-state index < -0.39 is 0 Å². The minimum atomic E-state index is 0.523. The van der Waals surface area contributed by atoms with Crippen molar-refractivity contribution in [2.75, 3.05) is 0 Å². The summed E-state index contributed by atoms with van der Waals surface area (Å²) in [6.07, 6.45) is 0. The molecule has 0 saturated heterocycles. The maximum Gasteiger partial charge on any atom is 0.213 e. The number of benzene rings is 1. The van der Waals surface area contributed by atoms with Gasteiger partial charge in [-0.25, -0.2) is 4.68 Å². The fourth-order valence-electron chi connectivity index (χ4n) is 1.42. The molecule has 84 valence electrons. The molecular formula is C10H13N5S. The highest BCUT2D eigenvalue weighted by molar-refractivity contribution is 7.99. The van der Waals surface area contributed by atoms with Gasteiger partial charge < -0.3 is 5.73 Å². The molecule has 0 atom stereocenters. The molecule has 0 aliphatic carbocycles. The first-order valence-corrected chi connectivity index (χ1v) is 5.72. The van der Waals surface area contributed by atoms with Crippen LogP contribution in [-0.2, 0) is 13.6 Å². The van der Waals surface area contributed by atoms with Gasteiger partial charge in [-0.15, -0.1) is 5.10 Å². The Morgan fingerprint density at radius 3 is 2.88 bits per heavy atom. The molecule has 0 unspecified atom stereocenters. The lowest BCUT2D eigenvalue weighted by Gasteiger charge is -2.09. The van der Waals surface area contributed by atoms with E-state index in [0.29, 0.717) is 6.54 Å². The summed E-state index contributed by atoms with van der Waals surface area (Å²) in [5, 5.41) is 12.1. The molecule has 2 rings (SSSR count). The number of tetrazole rings is 1. The predicted octanol–water partition coefficient (Wildman–Crippen LogP) is 1.13. The molecule has 1 aromatic carbocycles. The Labute approximate surface area is 98.0 Å². The lowest BCUT2D eigenvalue weighted by atomic mass is 10.1. The highest BCUT2D eigenvalue weighted by atomic mass is 32.2. The highest BCUT2D eigenvalue weighted by Crippen LogP contribution is 2.30. The first-order valence-electron chi connectivity index (χ1n) is 4.91. The van der Waals surface area contributed by atoms with Crippen molar-refractivity contribution in [3.8, 4) is 0 Å². The van der Waals surface area contributed by atoms with Gasteiger partial charge >= 0.3 is 0 Å². The Balaban J connectivity index is 2.37. The van der Waals surface area contributed by atoms with Gasteiger partial charge in [-0.1, -0.05) is 18.2 Å². The summed E-state index contributed by atoms with van der Waals surface area (Å²) in [6.45, 7) is 2.58. The molecule has 2 aromatic rings. The second-order valence-electron chi connectivity index (χ2n) is 3.45. The maximum atomic E-state index is 5.71. The number of hydrogen-bond donors (Lipinski definition) is 1. The SMILES string of the molecule is Cc1cccc(CN)c1Sc1nnnn1C. The van der Waals surface area contributed by atoms with Crippen molar-refractivity contribution in [3.05, 3.63) is 29.3 Å². The Morgan fingerprint density at radius 1 is 1.44 bits per heavy atom. The van der Waals surface area contributed by atoms with E-state index in [9.17, 15) is 0 Å². The number of aromatic nitrogens is 4. The molecule has 0 radical (unpaired) electrons. The van der Waals surface area contributed by atoms with Crippen molar-refractivity contribution in [2.24, 2.45) is 12.8 Å². The van der Waals surface area contributed by atoms with Crippen LogP contribution < -0.4 is 5.73 Å². The molecule has 0 aliphatic rings. The minimum absolute atomic E-state index is 0.523. The second-order valence-corrected chi connectivity index (χ2v) is 4.43. The average Bonchev–Trinajstić information content (AvgIpc) is 2.67. The lowest BCUT2D eigenvalue weighted by Crippen LogP contribution is -2.00. The van der Waals surface area contributed by atoms with E-state index in [-0.39, 0.29) is 0 Å². The summed E-state index contributed by atoms with van der Waals surface area (Å²) >= 11 is 1.55. The molecular weight excluding hydrogens is 222 g/mol. The van der Waals surface area contributed by atoms with Crippen molar-refractivity contribution in [2.45, 2.75) is 23.5 Å². The number of aryl methyl sites for hydroxylation is 2. The van der Waals surface area contributed by atoms with Crippen LogP contribution in [0.2, 0.25) is 0 Å². The fourth-order valence-corrected chi connectivity index (χ4v) is 2.36. The molecule has 0 fully saturated rings. The quantitative estimate of drug-likeness (QED) is 0.863.